The maximum Gasteiger partial charge on any atom is 0.137 e. The third kappa shape index (κ3) is 4.95. The zero-order valence-corrected chi connectivity index (χ0v) is 14.0. The fraction of sp³-hybridized carbons (Fsp3) is 0.368. The summed E-state index contributed by atoms with van der Waals surface area (Å²) in [6.07, 6.45) is 8.65. The third-order valence-electron chi connectivity index (χ3n) is 4.11. The second-order valence-electron chi connectivity index (χ2n) is 5.78. The van der Waals surface area contributed by atoms with Crippen molar-refractivity contribution in [3.63, 3.8) is 0 Å². The summed E-state index contributed by atoms with van der Waals surface area (Å²) in [4.78, 5) is 0. The van der Waals surface area contributed by atoms with Gasteiger partial charge in [0.2, 0.25) is 0 Å². The van der Waals surface area contributed by atoms with E-state index < -0.39 is 0 Å². The first kappa shape index (κ1) is 17.8. The van der Waals surface area contributed by atoms with Crippen LogP contribution in [-0.4, -0.2) is 6.54 Å². The number of rotatable bonds is 6. The van der Waals surface area contributed by atoms with Gasteiger partial charge in [0.15, 0.2) is 0 Å². The van der Waals surface area contributed by atoms with Crippen LogP contribution in [0.15, 0.2) is 52.5 Å². The highest BCUT2D eigenvalue weighted by molar-refractivity contribution is 5.85. The molecule has 1 aliphatic carbocycles. The van der Waals surface area contributed by atoms with Crippen molar-refractivity contribution in [3.05, 3.63) is 59.6 Å². The zero-order valence-electron chi connectivity index (χ0n) is 13.2. The standard InChI is InChI=1S/C19H22FNO.ClH/c20-18-9-5-4-8-17(18)19-11-10-16(22-19)14-21-13-12-15-6-2-1-3-7-15;/h4-6,8-11,21H,1-3,7,12-14H2;1H. The molecule has 1 aliphatic rings. The van der Waals surface area contributed by atoms with Crippen LogP contribution in [0.5, 0.6) is 0 Å². The van der Waals surface area contributed by atoms with Gasteiger partial charge < -0.3 is 9.73 Å². The van der Waals surface area contributed by atoms with Crippen LogP contribution in [0, 0.1) is 5.82 Å². The van der Waals surface area contributed by atoms with Crippen LogP contribution in [0.1, 0.15) is 37.9 Å². The minimum absolute atomic E-state index is 0. The molecule has 0 spiro atoms. The van der Waals surface area contributed by atoms with Crippen molar-refractivity contribution in [2.75, 3.05) is 6.54 Å². The number of halogens is 2. The monoisotopic (exact) mass is 335 g/mol. The molecule has 23 heavy (non-hydrogen) atoms. The molecule has 2 nitrogen and oxygen atoms in total. The Morgan fingerprint density at radius 1 is 1.09 bits per heavy atom. The molecule has 0 unspecified atom stereocenters. The molecule has 0 amide bonds. The molecule has 0 saturated heterocycles. The van der Waals surface area contributed by atoms with E-state index in [0.29, 0.717) is 17.9 Å². The molecule has 0 atom stereocenters. The molecule has 1 N–H and O–H groups in total. The summed E-state index contributed by atoms with van der Waals surface area (Å²) in [5.41, 5.74) is 2.09. The van der Waals surface area contributed by atoms with E-state index in [1.807, 2.05) is 18.2 Å². The minimum atomic E-state index is -0.249. The highest BCUT2D eigenvalue weighted by Gasteiger charge is 2.09. The van der Waals surface area contributed by atoms with Gasteiger partial charge in [0, 0.05) is 0 Å². The van der Waals surface area contributed by atoms with E-state index >= 15 is 0 Å². The van der Waals surface area contributed by atoms with Gasteiger partial charge in [-0.1, -0.05) is 23.8 Å². The first-order valence-electron chi connectivity index (χ1n) is 8.05. The number of benzene rings is 1. The van der Waals surface area contributed by atoms with Crippen LogP contribution in [0.25, 0.3) is 11.3 Å². The Labute approximate surface area is 143 Å². The molecule has 124 valence electrons. The Kier molecular flexibility index (Phi) is 6.87. The van der Waals surface area contributed by atoms with Gasteiger partial charge >= 0.3 is 0 Å². The lowest BCUT2D eigenvalue weighted by Gasteiger charge is -2.12. The molecule has 0 fully saturated rings. The van der Waals surface area contributed by atoms with Crippen molar-refractivity contribution in [1.82, 2.24) is 5.32 Å². The largest absolute Gasteiger partial charge is 0.460 e. The van der Waals surface area contributed by atoms with Gasteiger partial charge in [-0.3, -0.25) is 0 Å². The lowest BCUT2D eigenvalue weighted by molar-refractivity contribution is 0.490. The number of hydrogen-bond donors (Lipinski definition) is 1. The van der Waals surface area contributed by atoms with Gasteiger partial charge in [-0.15, -0.1) is 12.4 Å². The lowest BCUT2D eigenvalue weighted by Crippen LogP contribution is -2.15. The van der Waals surface area contributed by atoms with E-state index in [9.17, 15) is 4.39 Å². The van der Waals surface area contributed by atoms with Gasteiger partial charge in [-0.2, -0.15) is 0 Å². The van der Waals surface area contributed by atoms with Gasteiger partial charge in [0.05, 0.1) is 12.1 Å². The van der Waals surface area contributed by atoms with Crippen LogP contribution in [0.3, 0.4) is 0 Å². The fourth-order valence-corrected chi connectivity index (χ4v) is 2.87. The predicted octanol–water partition coefficient (Wildman–Crippen LogP) is 5.49. The van der Waals surface area contributed by atoms with Crippen molar-refractivity contribution in [2.45, 2.75) is 38.6 Å². The second-order valence-corrected chi connectivity index (χ2v) is 5.78. The van der Waals surface area contributed by atoms with E-state index in [4.69, 9.17) is 4.42 Å². The van der Waals surface area contributed by atoms with E-state index in [1.54, 1.807) is 17.7 Å². The molecule has 1 aromatic carbocycles. The number of allylic oxidation sites excluding steroid dienone is 1. The zero-order chi connectivity index (χ0) is 15.2. The van der Waals surface area contributed by atoms with E-state index in [-0.39, 0.29) is 18.2 Å². The molecule has 0 bridgehead atoms. The fourth-order valence-electron chi connectivity index (χ4n) is 2.87. The molecule has 2 aromatic rings. The van der Waals surface area contributed by atoms with Crippen molar-refractivity contribution >= 4 is 12.4 Å². The molecule has 3 rings (SSSR count). The van der Waals surface area contributed by atoms with Gasteiger partial charge in [0.1, 0.15) is 17.3 Å². The average Bonchev–Trinajstić information content (AvgIpc) is 3.02. The van der Waals surface area contributed by atoms with Gasteiger partial charge in [-0.05, 0) is 62.9 Å². The molecule has 1 aromatic heterocycles. The average molecular weight is 336 g/mol. The second kappa shape index (κ2) is 8.90. The topological polar surface area (TPSA) is 25.2 Å². The predicted molar refractivity (Wildman–Crippen MR) is 94.2 cm³/mol. The molecule has 1 heterocycles. The number of hydrogen-bond acceptors (Lipinski definition) is 2. The van der Waals surface area contributed by atoms with Gasteiger partial charge in [-0.25, -0.2) is 4.39 Å². The van der Waals surface area contributed by atoms with Gasteiger partial charge in [0.25, 0.3) is 0 Å². The quantitative estimate of drug-likeness (QED) is 0.558. The lowest BCUT2D eigenvalue weighted by atomic mass is 9.97. The molecule has 4 heteroatoms. The Morgan fingerprint density at radius 2 is 1.96 bits per heavy atom. The Balaban J connectivity index is 0.00000192. The maximum absolute atomic E-state index is 13.7. The molecular weight excluding hydrogens is 313 g/mol. The van der Waals surface area contributed by atoms with Crippen LogP contribution >= 0.6 is 12.4 Å². The Morgan fingerprint density at radius 3 is 2.74 bits per heavy atom. The first-order chi connectivity index (χ1) is 10.8. The van der Waals surface area contributed by atoms with Crippen molar-refractivity contribution < 1.29 is 8.81 Å². The van der Waals surface area contributed by atoms with E-state index in [0.717, 1.165) is 18.7 Å². The summed E-state index contributed by atoms with van der Waals surface area (Å²) in [5.74, 6) is 1.18. The maximum atomic E-state index is 13.7. The van der Waals surface area contributed by atoms with Crippen molar-refractivity contribution in [3.8, 4) is 11.3 Å². The molecule has 0 aliphatic heterocycles. The smallest absolute Gasteiger partial charge is 0.137 e. The van der Waals surface area contributed by atoms with Crippen LogP contribution in [0.2, 0.25) is 0 Å². The highest BCUT2D eigenvalue weighted by Crippen LogP contribution is 2.24. The number of furan rings is 1. The SMILES string of the molecule is Cl.Fc1ccccc1-c1ccc(CNCCC2=CCCCC2)o1. The first-order valence-corrected chi connectivity index (χ1v) is 8.05. The van der Waals surface area contributed by atoms with E-state index in [2.05, 4.69) is 11.4 Å². The van der Waals surface area contributed by atoms with Crippen molar-refractivity contribution in [1.29, 1.82) is 0 Å². The summed E-state index contributed by atoms with van der Waals surface area (Å²) in [5, 5.41) is 3.40. The normalized spacial score (nSPS) is 14.2. The summed E-state index contributed by atoms with van der Waals surface area (Å²) in [6, 6.07) is 10.4. The number of nitrogens with one attached hydrogen (secondary N) is 1. The third-order valence-corrected chi connectivity index (χ3v) is 4.11. The molecule has 0 radical (unpaired) electrons. The highest BCUT2D eigenvalue weighted by atomic mass is 35.5. The summed E-state index contributed by atoms with van der Waals surface area (Å²) in [7, 11) is 0. The van der Waals surface area contributed by atoms with Crippen LogP contribution in [0.4, 0.5) is 4.39 Å². The molecule has 0 saturated carbocycles. The summed E-state index contributed by atoms with van der Waals surface area (Å²) in [6.45, 7) is 1.64. The summed E-state index contributed by atoms with van der Waals surface area (Å²) >= 11 is 0. The summed E-state index contributed by atoms with van der Waals surface area (Å²) < 4.78 is 19.4. The van der Waals surface area contributed by atoms with Crippen molar-refractivity contribution in [2.24, 2.45) is 0 Å². The van der Waals surface area contributed by atoms with Crippen LogP contribution in [-0.2, 0) is 6.54 Å². The molecular formula is C19H23ClFNO. The Hall–Kier alpha value is -1.58. The Bertz CT molecular complexity index is 650. The van der Waals surface area contributed by atoms with Crippen LogP contribution < -0.4 is 5.32 Å². The van der Waals surface area contributed by atoms with E-state index in [1.165, 1.54) is 31.7 Å². The minimum Gasteiger partial charge on any atom is -0.460 e.